The number of rotatable bonds is 7. The van der Waals surface area contributed by atoms with E-state index in [4.69, 9.17) is 9.47 Å². The van der Waals surface area contributed by atoms with E-state index in [2.05, 4.69) is 6.92 Å². The van der Waals surface area contributed by atoms with E-state index in [0.29, 0.717) is 12.5 Å². The molecule has 0 N–H and O–H groups in total. The Morgan fingerprint density at radius 3 is 3.00 bits per heavy atom. The first kappa shape index (κ1) is 14.8. The number of carbonyl (C=O) groups excluding carboxylic acids is 1. The number of amides is 1. The van der Waals surface area contributed by atoms with E-state index in [1.165, 1.54) is 12.8 Å². The summed E-state index contributed by atoms with van der Waals surface area (Å²) >= 11 is 0. The number of unbranched alkanes of at least 4 members (excludes halogenated alkanes) is 1. The SMILES string of the molecule is CCCCC1CCN(CCOC2CCCCO2)C1=O. The molecule has 4 nitrogen and oxygen atoms in total. The number of nitrogens with zero attached hydrogens (tertiary/aromatic N) is 1. The van der Waals surface area contributed by atoms with E-state index in [1.54, 1.807) is 0 Å². The van der Waals surface area contributed by atoms with Gasteiger partial charge in [0.25, 0.3) is 0 Å². The molecule has 0 radical (unpaired) electrons. The van der Waals surface area contributed by atoms with Gasteiger partial charge in [-0.15, -0.1) is 0 Å². The molecule has 4 heteroatoms. The quantitative estimate of drug-likeness (QED) is 0.713. The Morgan fingerprint density at radius 1 is 1.37 bits per heavy atom. The van der Waals surface area contributed by atoms with Crippen LogP contribution in [-0.2, 0) is 14.3 Å². The van der Waals surface area contributed by atoms with Crippen molar-refractivity contribution in [2.75, 3.05) is 26.3 Å². The highest BCUT2D eigenvalue weighted by Gasteiger charge is 2.30. The number of ether oxygens (including phenoxy) is 2. The van der Waals surface area contributed by atoms with Crippen molar-refractivity contribution in [3.8, 4) is 0 Å². The highest BCUT2D eigenvalue weighted by atomic mass is 16.7. The predicted molar refractivity (Wildman–Crippen MR) is 73.8 cm³/mol. The minimum absolute atomic E-state index is 0.0395. The summed E-state index contributed by atoms with van der Waals surface area (Å²) in [5.41, 5.74) is 0. The Labute approximate surface area is 116 Å². The van der Waals surface area contributed by atoms with Crippen LogP contribution < -0.4 is 0 Å². The van der Waals surface area contributed by atoms with Gasteiger partial charge in [-0.05, 0) is 32.1 Å². The van der Waals surface area contributed by atoms with Crippen LogP contribution in [0.5, 0.6) is 0 Å². The zero-order valence-corrected chi connectivity index (χ0v) is 12.1. The van der Waals surface area contributed by atoms with E-state index in [9.17, 15) is 4.79 Å². The van der Waals surface area contributed by atoms with Gasteiger partial charge in [-0.2, -0.15) is 0 Å². The van der Waals surface area contributed by atoms with Gasteiger partial charge in [0.1, 0.15) is 0 Å². The molecule has 0 bridgehead atoms. The first-order valence-electron chi connectivity index (χ1n) is 7.83. The second-order valence-corrected chi connectivity index (χ2v) is 5.62. The highest BCUT2D eigenvalue weighted by Crippen LogP contribution is 2.23. The normalized spacial score (nSPS) is 28.1. The topological polar surface area (TPSA) is 38.8 Å². The third kappa shape index (κ3) is 4.46. The van der Waals surface area contributed by atoms with Gasteiger partial charge < -0.3 is 14.4 Å². The standard InChI is InChI=1S/C15H27NO3/c1-2-3-6-13-8-9-16(15(13)17)10-12-19-14-7-4-5-11-18-14/h13-14H,2-12H2,1H3. The molecule has 2 aliphatic heterocycles. The molecule has 2 saturated heterocycles. The summed E-state index contributed by atoms with van der Waals surface area (Å²) in [6.07, 6.45) is 7.70. The molecule has 110 valence electrons. The minimum Gasteiger partial charge on any atom is -0.353 e. The van der Waals surface area contributed by atoms with Crippen LogP contribution in [0.1, 0.15) is 51.9 Å². The van der Waals surface area contributed by atoms with Crippen molar-refractivity contribution < 1.29 is 14.3 Å². The molecule has 0 aromatic rings. The van der Waals surface area contributed by atoms with E-state index >= 15 is 0 Å². The molecule has 0 spiro atoms. The largest absolute Gasteiger partial charge is 0.353 e. The first-order chi connectivity index (χ1) is 9.31. The lowest BCUT2D eigenvalue weighted by Crippen LogP contribution is -2.33. The van der Waals surface area contributed by atoms with Crippen LogP contribution in [0.15, 0.2) is 0 Å². The van der Waals surface area contributed by atoms with Crippen molar-refractivity contribution >= 4 is 5.91 Å². The van der Waals surface area contributed by atoms with Crippen LogP contribution in [-0.4, -0.2) is 43.4 Å². The van der Waals surface area contributed by atoms with Crippen LogP contribution >= 0.6 is 0 Å². The maximum atomic E-state index is 12.1. The molecule has 0 saturated carbocycles. The van der Waals surface area contributed by atoms with Crippen molar-refractivity contribution in [2.45, 2.75) is 58.2 Å². The molecule has 2 rings (SSSR count). The van der Waals surface area contributed by atoms with E-state index in [-0.39, 0.29) is 12.2 Å². The fraction of sp³-hybridized carbons (Fsp3) is 0.933. The van der Waals surface area contributed by atoms with Crippen molar-refractivity contribution in [1.82, 2.24) is 4.90 Å². The van der Waals surface area contributed by atoms with Gasteiger partial charge in [-0.3, -0.25) is 4.79 Å². The Balaban J connectivity index is 1.62. The minimum atomic E-state index is -0.0395. The molecule has 0 aliphatic carbocycles. The lowest BCUT2D eigenvalue weighted by Gasteiger charge is -2.24. The maximum absolute atomic E-state index is 12.1. The average Bonchev–Trinajstić information content (AvgIpc) is 2.79. The van der Waals surface area contributed by atoms with Gasteiger partial charge in [-0.1, -0.05) is 19.8 Å². The van der Waals surface area contributed by atoms with Crippen LogP contribution in [0.3, 0.4) is 0 Å². The molecule has 2 atom stereocenters. The summed E-state index contributed by atoms with van der Waals surface area (Å²) in [5, 5.41) is 0. The molecule has 2 fully saturated rings. The Kier molecular flexibility index (Phi) is 6.11. The third-order valence-electron chi connectivity index (χ3n) is 4.12. The summed E-state index contributed by atoms with van der Waals surface area (Å²) < 4.78 is 11.2. The third-order valence-corrected chi connectivity index (χ3v) is 4.12. The van der Waals surface area contributed by atoms with Crippen LogP contribution in [0.2, 0.25) is 0 Å². The average molecular weight is 269 g/mol. The summed E-state index contributed by atoms with van der Waals surface area (Å²) in [6, 6.07) is 0. The predicted octanol–water partition coefficient (Wildman–Crippen LogP) is 2.57. The first-order valence-corrected chi connectivity index (χ1v) is 7.83. The smallest absolute Gasteiger partial charge is 0.225 e. The van der Waals surface area contributed by atoms with Gasteiger partial charge in [0, 0.05) is 25.6 Å². The van der Waals surface area contributed by atoms with Gasteiger partial charge >= 0.3 is 0 Å². The Hall–Kier alpha value is -0.610. The second-order valence-electron chi connectivity index (χ2n) is 5.62. The zero-order chi connectivity index (χ0) is 13.5. The van der Waals surface area contributed by atoms with Gasteiger partial charge in [0.05, 0.1) is 6.61 Å². The van der Waals surface area contributed by atoms with E-state index in [1.807, 2.05) is 4.90 Å². The maximum Gasteiger partial charge on any atom is 0.225 e. The molecule has 1 amide bonds. The molecule has 2 heterocycles. The molecule has 0 aromatic carbocycles. The number of hydrogen-bond acceptors (Lipinski definition) is 3. The zero-order valence-electron chi connectivity index (χ0n) is 12.1. The summed E-state index contributed by atoms with van der Waals surface area (Å²) in [5.74, 6) is 0.604. The highest BCUT2D eigenvalue weighted by molar-refractivity contribution is 5.80. The van der Waals surface area contributed by atoms with Crippen LogP contribution in [0.4, 0.5) is 0 Å². The van der Waals surface area contributed by atoms with Crippen LogP contribution in [0, 0.1) is 5.92 Å². The van der Waals surface area contributed by atoms with E-state index < -0.39 is 0 Å². The lowest BCUT2D eigenvalue weighted by atomic mass is 10.0. The number of hydrogen-bond donors (Lipinski definition) is 0. The van der Waals surface area contributed by atoms with Crippen LogP contribution in [0.25, 0.3) is 0 Å². The monoisotopic (exact) mass is 269 g/mol. The van der Waals surface area contributed by atoms with Gasteiger partial charge in [-0.25, -0.2) is 0 Å². The Bertz CT molecular complexity index is 277. The van der Waals surface area contributed by atoms with Crippen molar-refractivity contribution in [1.29, 1.82) is 0 Å². The van der Waals surface area contributed by atoms with Crippen molar-refractivity contribution in [3.05, 3.63) is 0 Å². The van der Waals surface area contributed by atoms with Crippen molar-refractivity contribution in [2.24, 2.45) is 5.92 Å². The molecular weight excluding hydrogens is 242 g/mol. The van der Waals surface area contributed by atoms with Gasteiger partial charge in [0.15, 0.2) is 6.29 Å². The van der Waals surface area contributed by atoms with E-state index in [0.717, 1.165) is 51.8 Å². The van der Waals surface area contributed by atoms with Crippen molar-refractivity contribution in [3.63, 3.8) is 0 Å². The molecule has 19 heavy (non-hydrogen) atoms. The Morgan fingerprint density at radius 2 is 2.26 bits per heavy atom. The fourth-order valence-corrected chi connectivity index (χ4v) is 2.88. The number of carbonyl (C=O) groups is 1. The molecular formula is C15H27NO3. The molecule has 2 unspecified atom stereocenters. The molecule has 2 aliphatic rings. The number of likely N-dealkylation sites (tertiary alicyclic amines) is 1. The molecule has 0 aromatic heterocycles. The summed E-state index contributed by atoms with van der Waals surface area (Å²) in [4.78, 5) is 14.1. The summed E-state index contributed by atoms with van der Waals surface area (Å²) in [6.45, 7) is 5.22. The second kappa shape index (κ2) is 7.85. The lowest BCUT2D eigenvalue weighted by molar-refractivity contribution is -0.165. The summed E-state index contributed by atoms with van der Waals surface area (Å²) in [7, 11) is 0. The van der Waals surface area contributed by atoms with Gasteiger partial charge in [0.2, 0.25) is 5.91 Å². The fourth-order valence-electron chi connectivity index (χ4n) is 2.88.